The molecule has 9 heteroatoms. The quantitative estimate of drug-likeness (QED) is 0.269. The second-order valence-electron chi connectivity index (χ2n) is 7.76. The molecule has 34 heavy (non-hydrogen) atoms. The van der Waals surface area contributed by atoms with Gasteiger partial charge in [-0.25, -0.2) is 14.5 Å². The van der Waals surface area contributed by atoms with Crippen molar-refractivity contribution in [2.45, 2.75) is 20.5 Å². The number of methoxy groups -OCH3 is 2. The fraction of sp³-hybridized carbons (Fsp3) is 0.200. The molecule has 0 aliphatic carbocycles. The summed E-state index contributed by atoms with van der Waals surface area (Å²) in [6, 6.07) is 15.4. The Morgan fingerprint density at radius 2 is 1.59 bits per heavy atom. The van der Waals surface area contributed by atoms with Crippen LogP contribution in [0.4, 0.5) is 0 Å². The Bertz CT molecular complexity index is 1480. The lowest BCUT2D eigenvalue weighted by molar-refractivity contribution is 0.126. The summed E-state index contributed by atoms with van der Waals surface area (Å²) in [6.07, 6.45) is 3.31. The third-order valence-electron chi connectivity index (χ3n) is 5.79. The third kappa shape index (κ3) is 3.81. The summed E-state index contributed by atoms with van der Waals surface area (Å²) in [5, 5.41) is 9.49. The first kappa shape index (κ1) is 21.4. The number of rotatable bonds is 7. The van der Waals surface area contributed by atoms with E-state index >= 15 is 0 Å². The number of hydrogen-bond donors (Lipinski definition) is 0. The van der Waals surface area contributed by atoms with Gasteiger partial charge in [-0.3, -0.25) is 4.57 Å². The van der Waals surface area contributed by atoms with E-state index < -0.39 is 0 Å². The van der Waals surface area contributed by atoms with Crippen molar-refractivity contribution in [1.82, 2.24) is 24.1 Å². The van der Waals surface area contributed by atoms with Gasteiger partial charge in [0.05, 0.1) is 25.8 Å². The van der Waals surface area contributed by atoms with E-state index in [1.54, 1.807) is 31.3 Å². The highest BCUT2D eigenvalue weighted by atomic mass is 16.6. The summed E-state index contributed by atoms with van der Waals surface area (Å²) in [5.74, 6) is 2.12. The van der Waals surface area contributed by atoms with Gasteiger partial charge in [-0.2, -0.15) is 0 Å². The summed E-state index contributed by atoms with van der Waals surface area (Å²) < 4.78 is 14.2. The van der Waals surface area contributed by atoms with E-state index in [-0.39, 0.29) is 6.61 Å². The predicted octanol–water partition coefficient (Wildman–Crippen LogP) is 4.25. The first-order valence-corrected chi connectivity index (χ1v) is 10.7. The van der Waals surface area contributed by atoms with Crippen LogP contribution in [0, 0.1) is 13.8 Å². The number of aromatic nitrogens is 5. The van der Waals surface area contributed by atoms with Crippen molar-refractivity contribution in [2.24, 2.45) is 5.16 Å². The Labute approximate surface area is 196 Å². The number of aryl methyl sites for hydroxylation is 1. The Balaban J connectivity index is 1.42. The maximum atomic E-state index is 5.43. The van der Waals surface area contributed by atoms with E-state index in [2.05, 4.69) is 33.7 Å². The molecule has 0 aliphatic heterocycles. The minimum atomic E-state index is 0.146. The topological polar surface area (TPSA) is 88.1 Å². The number of hydrogen-bond acceptors (Lipinski definition) is 7. The lowest BCUT2D eigenvalue weighted by Gasteiger charge is -2.08. The third-order valence-corrected chi connectivity index (χ3v) is 5.79. The molecule has 0 fully saturated rings. The Morgan fingerprint density at radius 1 is 0.912 bits per heavy atom. The molecule has 0 unspecified atom stereocenters. The standard InChI is InChI=1S/C25H24N6O3/c1-16-17(2)31(19-7-11-21(33-4)12-8-19)24-23(16)25-28-22(29-30(25)15-26-24)14-34-27-13-18-5-9-20(32-3)10-6-18/h5-13,15H,14H2,1-4H3/b27-13+. The van der Waals surface area contributed by atoms with Gasteiger partial charge in [0.2, 0.25) is 0 Å². The molecule has 3 heterocycles. The maximum Gasteiger partial charge on any atom is 0.192 e. The van der Waals surface area contributed by atoms with Crippen molar-refractivity contribution < 1.29 is 14.3 Å². The second kappa shape index (κ2) is 8.86. The summed E-state index contributed by atoms with van der Waals surface area (Å²) in [5.41, 5.74) is 5.65. The molecule has 172 valence electrons. The van der Waals surface area contributed by atoms with Crippen molar-refractivity contribution in [3.05, 3.63) is 77.5 Å². The molecule has 0 saturated heterocycles. The van der Waals surface area contributed by atoms with E-state index in [1.807, 2.05) is 48.5 Å². The number of benzene rings is 2. The van der Waals surface area contributed by atoms with Gasteiger partial charge in [-0.15, -0.1) is 5.10 Å². The lowest BCUT2D eigenvalue weighted by atomic mass is 10.2. The molecule has 0 saturated carbocycles. The Hall–Kier alpha value is -4.40. The van der Waals surface area contributed by atoms with Crippen LogP contribution < -0.4 is 9.47 Å². The minimum absolute atomic E-state index is 0.146. The molecule has 9 nitrogen and oxygen atoms in total. The lowest BCUT2D eigenvalue weighted by Crippen LogP contribution is -1.99. The molecule has 0 amide bonds. The van der Waals surface area contributed by atoms with E-state index in [1.165, 1.54) is 0 Å². The Morgan fingerprint density at radius 3 is 2.26 bits per heavy atom. The largest absolute Gasteiger partial charge is 0.497 e. The highest BCUT2D eigenvalue weighted by molar-refractivity contribution is 5.95. The van der Waals surface area contributed by atoms with Crippen LogP contribution in [0.15, 0.2) is 60.0 Å². The normalized spacial score (nSPS) is 11.5. The molecular weight excluding hydrogens is 432 g/mol. The zero-order valence-corrected chi connectivity index (χ0v) is 19.4. The van der Waals surface area contributed by atoms with E-state index in [4.69, 9.17) is 19.3 Å². The molecule has 3 aromatic heterocycles. The number of oxime groups is 1. The van der Waals surface area contributed by atoms with Crippen LogP contribution in [0.25, 0.3) is 22.4 Å². The average Bonchev–Trinajstić information content (AvgIpc) is 3.40. The molecule has 5 rings (SSSR count). The highest BCUT2D eigenvalue weighted by Gasteiger charge is 2.19. The van der Waals surface area contributed by atoms with Crippen molar-refractivity contribution in [2.75, 3.05) is 14.2 Å². The van der Waals surface area contributed by atoms with Gasteiger partial charge >= 0.3 is 0 Å². The van der Waals surface area contributed by atoms with Crippen LogP contribution in [-0.4, -0.2) is 44.6 Å². The minimum Gasteiger partial charge on any atom is -0.497 e. The van der Waals surface area contributed by atoms with Gasteiger partial charge in [0.15, 0.2) is 23.7 Å². The number of nitrogens with zero attached hydrogens (tertiary/aromatic N) is 6. The molecule has 5 aromatic rings. The summed E-state index contributed by atoms with van der Waals surface area (Å²) in [4.78, 5) is 14.8. The van der Waals surface area contributed by atoms with Gasteiger partial charge in [0, 0.05) is 11.4 Å². The van der Waals surface area contributed by atoms with Crippen LogP contribution in [0.3, 0.4) is 0 Å². The van der Waals surface area contributed by atoms with Crippen LogP contribution in [0.5, 0.6) is 11.5 Å². The molecular formula is C25H24N6O3. The van der Waals surface area contributed by atoms with Crippen LogP contribution in [0.2, 0.25) is 0 Å². The van der Waals surface area contributed by atoms with Gasteiger partial charge in [0.25, 0.3) is 0 Å². The molecule has 0 N–H and O–H groups in total. The van der Waals surface area contributed by atoms with Crippen molar-refractivity contribution in [3.63, 3.8) is 0 Å². The van der Waals surface area contributed by atoms with Gasteiger partial charge in [-0.05, 0) is 73.5 Å². The van der Waals surface area contributed by atoms with E-state index in [9.17, 15) is 0 Å². The monoisotopic (exact) mass is 456 g/mol. The van der Waals surface area contributed by atoms with Gasteiger partial charge < -0.3 is 14.3 Å². The number of fused-ring (bicyclic) bond motifs is 3. The van der Waals surface area contributed by atoms with Crippen molar-refractivity contribution in [1.29, 1.82) is 0 Å². The van der Waals surface area contributed by atoms with Crippen molar-refractivity contribution >= 4 is 22.9 Å². The molecule has 0 atom stereocenters. The highest BCUT2D eigenvalue weighted by Crippen LogP contribution is 2.30. The van der Waals surface area contributed by atoms with Crippen LogP contribution >= 0.6 is 0 Å². The Kier molecular flexibility index (Phi) is 5.59. The maximum absolute atomic E-state index is 5.43. The second-order valence-corrected chi connectivity index (χ2v) is 7.76. The van der Waals surface area contributed by atoms with E-state index in [0.29, 0.717) is 5.82 Å². The number of ether oxygens (including phenoxy) is 2. The fourth-order valence-electron chi connectivity index (χ4n) is 3.90. The molecule has 0 radical (unpaired) electrons. The fourth-order valence-corrected chi connectivity index (χ4v) is 3.90. The smallest absolute Gasteiger partial charge is 0.192 e. The average molecular weight is 457 g/mol. The summed E-state index contributed by atoms with van der Waals surface area (Å²) in [6.45, 7) is 4.29. The SMILES string of the molecule is COc1ccc(/C=N/OCc2nc3c4c(C)c(C)n(-c5ccc(OC)cc5)c4ncn3n2)cc1. The van der Waals surface area contributed by atoms with Crippen LogP contribution in [0.1, 0.15) is 22.6 Å². The van der Waals surface area contributed by atoms with Gasteiger partial charge in [-0.1, -0.05) is 5.16 Å². The first-order valence-electron chi connectivity index (χ1n) is 10.7. The van der Waals surface area contributed by atoms with Gasteiger partial charge in [0.1, 0.15) is 17.8 Å². The molecule has 0 aliphatic rings. The van der Waals surface area contributed by atoms with Crippen LogP contribution in [-0.2, 0) is 11.4 Å². The summed E-state index contributed by atoms with van der Waals surface area (Å²) >= 11 is 0. The molecule has 2 aromatic carbocycles. The van der Waals surface area contributed by atoms with E-state index in [0.717, 1.165) is 50.7 Å². The molecule has 0 spiro atoms. The van der Waals surface area contributed by atoms with Crippen molar-refractivity contribution in [3.8, 4) is 17.2 Å². The zero-order valence-electron chi connectivity index (χ0n) is 19.4. The predicted molar refractivity (Wildman–Crippen MR) is 129 cm³/mol. The zero-order chi connectivity index (χ0) is 23.7. The molecule has 0 bridgehead atoms. The summed E-state index contributed by atoms with van der Waals surface area (Å²) in [7, 11) is 3.29. The first-order chi connectivity index (χ1) is 16.6.